The van der Waals surface area contributed by atoms with E-state index in [0.717, 1.165) is 23.6 Å². The van der Waals surface area contributed by atoms with E-state index in [-0.39, 0.29) is 11.9 Å². The molecule has 0 bridgehead atoms. The predicted molar refractivity (Wildman–Crippen MR) is 89.2 cm³/mol. The van der Waals surface area contributed by atoms with Gasteiger partial charge in [0.05, 0.1) is 5.69 Å². The van der Waals surface area contributed by atoms with Gasteiger partial charge in [0.2, 0.25) is 11.8 Å². The van der Waals surface area contributed by atoms with Gasteiger partial charge in [0.1, 0.15) is 5.76 Å². The molecule has 23 heavy (non-hydrogen) atoms. The van der Waals surface area contributed by atoms with Crippen LogP contribution in [0.25, 0.3) is 11.5 Å². The van der Waals surface area contributed by atoms with Crippen molar-refractivity contribution in [3.63, 3.8) is 0 Å². The van der Waals surface area contributed by atoms with E-state index in [1.54, 1.807) is 0 Å². The van der Waals surface area contributed by atoms with Crippen LogP contribution in [0.5, 0.6) is 0 Å². The summed E-state index contributed by atoms with van der Waals surface area (Å²) in [6, 6.07) is 7.74. The molecule has 1 N–H and O–H groups in total. The van der Waals surface area contributed by atoms with Crippen molar-refractivity contribution in [2.45, 2.75) is 32.9 Å². The maximum absolute atomic E-state index is 11.5. The quantitative estimate of drug-likeness (QED) is 0.938. The summed E-state index contributed by atoms with van der Waals surface area (Å²) in [4.78, 5) is 18.4. The van der Waals surface area contributed by atoms with Gasteiger partial charge in [0.25, 0.3) is 0 Å². The van der Waals surface area contributed by atoms with Crippen LogP contribution in [0.1, 0.15) is 24.8 Å². The molecule has 2 aromatic rings. The third-order valence-corrected chi connectivity index (χ3v) is 4.40. The molecule has 6 heteroatoms. The van der Waals surface area contributed by atoms with Gasteiger partial charge in [-0.1, -0.05) is 17.7 Å². The Kier molecular flexibility index (Phi) is 4.68. The average Bonchev–Trinajstić information content (AvgIpc) is 2.81. The zero-order valence-electron chi connectivity index (χ0n) is 13.3. The average molecular weight is 334 g/mol. The van der Waals surface area contributed by atoms with E-state index >= 15 is 0 Å². The molecule has 1 amide bonds. The van der Waals surface area contributed by atoms with Crippen LogP contribution in [0.2, 0.25) is 5.02 Å². The number of nitrogens with one attached hydrogen (secondary N) is 1. The summed E-state index contributed by atoms with van der Waals surface area (Å²) < 4.78 is 5.81. The summed E-state index contributed by atoms with van der Waals surface area (Å²) in [6.07, 6.45) is 0.516. The van der Waals surface area contributed by atoms with Gasteiger partial charge < -0.3 is 9.73 Å². The second-order valence-corrected chi connectivity index (χ2v) is 6.34. The molecule has 1 aromatic carbocycles. The maximum atomic E-state index is 11.5. The minimum absolute atomic E-state index is 0.107. The number of aromatic nitrogens is 1. The van der Waals surface area contributed by atoms with E-state index in [1.807, 2.05) is 31.2 Å². The van der Waals surface area contributed by atoms with Crippen LogP contribution in [-0.2, 0) is 11.3 Å². The van der Waals surface area contributed by atoms with Crippen LogP contribution in [0.4, 0.5) is 0 Å². The first-order valence-corrected chi connectivity index (χ1v) is 8.13. The molecule has 1 aromatic heterocycles. The monoisotopic (exact) mass is 333 g/mol. The molecule has 0 aliphatic carbocycles. The zero-order valence-corrected chi connectivity index (χ0v) is 14.1. The Labute approximate surface area is 140 Å². The lowest BCUT2D eigenvalue weighted by atomic mass is 10.2. The molecular weight excluding hydrogens is 314 g/mol. The van der Waals surface area contributed by atoms with E-state index in [2.05, 4.69) is 22.1 Å². The van der Waals surface area contributed by atoms with Crippen LogP contribution in [-0.4, -0.2) is 34.9 Å². The summed E-state index contributed by atoms with van der Waals surface area (Å²) >= 11 is 6.03. The molecule has 2 heterocycles. The highest BCUT2D eigenvalue weighted by Crippen LogP contribution is 2.25. The summed E-state index contributed by atoms with van der Waals surface area (Å²) in [5.74, 6) is 1.49. The lowest BCUT2D eigenvalue weighted by molar-refractivity contribution is -0.120. The number of benzene rings is 1. The first-order valence-electron chi connectivity index (χ1n) is 7.76. The predicted octanol–water partition coefficient (Wildman–Crippen LogP) is 3.01. The van der Waals surface area contributed by atoms with E-state index < -0.39 is 0 Å². The Morgan fingerprint density at radius 3 is 3.09 bits per heavy atom. The SMILES string of the molecule is Cc1oc(-c2cccc(Cl)c2)nc1CN1CCC(=O)NC[C@@H]1C. The van der Waals surface area contributed by atoms with E-state index in [9.17, 15) is 4.79 Å². The Morgan fingerprint density at radius 1 is 1.48 bits per heavy atom. The van der Waals surface area contributed by atoms with Crippen molar-refractivity contribution in [3.05, 3.63) is 40.7 Å². The second kappa shape index (κ2) is 6.72. The number of hydrogen-bond donors (Lipinski definition) is 1. The minimum Gasteiger partial charge on any atom is -0.441 e. The van der Waals surface area contributed by atoms with Gasteiger partial charge in [-0.15, -0.1) is 0 Å². The van der Waals surface area contributed by atoms with Crippen molar-refractivity contribution >= 4 is 17.5 Å². The number of carbonyl (C=O) groups excluding carboxylic acids is 1. The highest BCUT2D eigenvalue weighted by molar-refractivity contribution is 6.30. The Morgan fingerprint density at radius 2 is 2.30 bits per heavy atom. The molecule has 1 saturated heterocycles. The summed E-state index contributed by atoms with van der Waals surface area (Å²) in [5, 5.41) is 3.58. The largest absolute Gasteiger partial charge is 0.441 e. The summed E-state index contributed by atoms with van der Waals surface area (Å²) in [7, 11) is 0. The third-order valence-electron chi connectivity index (χ3n) is 4.16. The van der Waals surface area contributed by atoms with Gasteiger partial charge in [-0.25, -0.2) is 4.98 Å². The highest BCUT2D eigenvalue weighted by atomic mass is 35.5. The van der Waals surface area contributed by atoms with Crippen molar-refractivity contribution in [3.8, 4) is 11.5 Å². The van der Waals surface area contributed by atoms with Gasteiger partial charge in [-0.2, -0.15) is 0 Å². The number of halogens is 1. The molecule has 1 aliphatic rings. The molecular formula is C17H20ClN3O2. The van der Waals surface area contributed by atoms with E-state index in [1.165, 1.54) is 0 Å². The van der Waals surface area contributed by atoms with Crippen molar-refractivity contribution in [1.82, 2.24) is 15.2 Å². The van der Waals surface area contributed by atoms with Crippen LogP contribution in [0, 0.1) is 6.92 Å². The maximum Gasteiger partial charge on any atom is 0.226 e. The molecule has 0 radical (unpaired) electrons. The topological polar surface area (TPSA) is 58.4 Å². The normalized spacial score (nSPS) is 19.4. The Hall–Kier alpha value is -1.85. The van der Waals surface area contributed by atoms with Gasteiger partial charge >= 0.3 is 0 Å². The molecule has 3 rings (SSSR count). The number of rotatable bonds is 3. The molecule has 0 spiro atoms. The highest BCUT2D eigenvalue weighted by Gasteiger charge is 2.22. The number of aryl methyl sites for hydroxylation is 1. The fourth-order valence-electron chi connectivity index (χ4n) is 2.69. The van der Waals surface area contributed by atoms with E-state index in [0.29, 0.717) is 30.4 Å². The molecule has 1 fully saturated rings. The van der Waals surface area contributed by atoms with Crippen molar-refractivity contribution in [2.75, 3.05) is 13.1 Å². The van der Waals surface area contributed by atoms with Crippen LogP contribution >= 0.6 is 11.6 Å². The molecule has 0 saturated carbocycles. The molecule has 0 unspecified atom stereocenters. The number of carbonyl (C=O) groups is 1. The minimum atomic E-state index is 0.107. The van der Waals surface area contributed by atoms with Crippen LogP contribution in [0.3, 0.4) is 0 Å². The van der Waals surface area contributed by atoms with E-state index in [4.69, 9.17) is 16.0 Å². The molecule has 5 nitrogen and oxygen atoms in total. The summed E-state index contributed by atoms with van der Waals surface area (Å²) in [6.45, 7) is 6.09. The van der Waals surface area contributed by atoms with Crippen molar-refractivity contribution in [1.29, 1.82) is 0 Å². The fraction of sp³-hybridized carbons (Fsp3) is 0.412. The Bertz CT molecular complexity index is 714. The standard InChI is InChI=1S/C17H20ClN3O2/c1-11-9-19-16(22)6-7-21(11)10-15-12(2)23-17(20-15)13-4-3-5-14(18)8-13/h3-5,8,11H,6-7,9-10H2,1-2H3,(H,19,22)/t11-/m0/s1. The zero-order chi connectivity index (χ0) is 16.4. The Balaban J connectivity index is 1.79. The van der Waals surface area contributed by atoms with Crippen LogP contribution < -0.4 is 5.32 Å². The number of hydrogen-bond acceptors (Lipinski definition) is 4. The summed E-state index contributed by atoms with van der Waals surface area (Å²) in [5.41, 5.74) is 1.77. The van der Waals surface area contributed by atoms with Crippen LogP contribution in [0.15, 0.2) is 28.7 Å². The third kappa shape index (κ3) is 3.74. The molecule has 122 valence electrons. The first kappa shape index (κ1) is 16.0. The smallest absolute Gasteiger partial charge is 0.226 e. The van der Waals surface area contributed by atoms with Gasteiger partial charge in [-0.05, 0) is 32.0 Å². The number of oxazole rings is 1. The van der Waals surface area contributed by atoms with Gasteiger partial charge in [-0.3, -0.25) is 9.69 Å². The van der Waals surface area contributed by atoms with Crippen molar-refractivity contribution < 1.29 is 9.21 Å². The van der Waals surface area contributed by atoms with Crippen molar-refractivity contribution in [2.24, 2.45) is 0 Å². The molecule has 1 aliphatic heterocycles. The number of amides is 1. The first-order chi connectivity index (χ1) is 11.0. The fourth-order valence-corrected chi connectivity index (χ4v) is 2.88. The van der Waals surface area contributed by atoms with Gasteiger partial charge in [0, 0.05) is 42.7 Å². The second-order valence-electron chi connectivity index (χ2n) is 5.91. The lowest BCUT2D eigenvalue weighted by Gasteiger charge is -2.25. The van der Waals surface area contributed by atoms with Gasteiger partial charge in [0.15, 0.2) is 0 Å². The number of nitrogens with zero attached hydrogens (tertiary/aromatic N) is 2. The lowest BCUT2D eigenvalue weighted by Crippen LogP contribution is -2.37. The molecule has 1 atom stereocenters.